The number of benzene rings is 1. The van der Waals surface area contributed by atoms with Gasteiger partial charge in [-0.1, -0.05) is 30.3 Å². The Morgan fingerprint density at radius 1 is 1.29 bits per heavy atom. The van der Waals surface area contributed by atoms with Gasteiger partial charge >= 0.3 is 0 Å². The van der Waals surface area contributed by atoms with Crippen molar-refractivity contribution in [3.8, 4) is 0 Å². The average Bonchev–Trinajstić information content (AvgIpc) is 2.91. The number of rotatable bonds is 4. The number of hydrogen-bond donors (Lipinski definition) is 2. The summed E-state index contributed by atoms with van der Waals surface area (Å²) in [5, 5.41) is 3.54. The van der Waals surface area contributed by atoms with E-state index >= 15 is 0 Å². The molecule has 0 spiro atoms. The lowest BCUT2D eigenvalue weighted by Gasteiger charge is -2.19. The molecule has 1 aromatic heterocycles. The third kappa shape index (κ3) is 3.54. The number of nitrogens with zero attached hydrogens (tertiary/aromatic N) is 2. The fraction of sp³-hybridized carbons (Fsp3) is 0.312. The lowest BCUT2D eigenvalue weighted by Crippen LogP contribution is -2.26. The number of nitrogen functional groups attached to an aromatic ring is 1. The third-order valence-electron chi connectivity index (χ3n) is 3.80. The molecule has 1 unspecified atom stereocenters. The molecule has 1 atom stereocenters. The van der Waals surface area contributed by atoms with Crippen LogP contribution in [-0.4, -0.2) is 29.0 Å². The highest BCUT2D eigenvalue weighted by Crippen LogP contribution is 2.29. The van der Waals surface area contributed by atoms with Crippen LogP contribution in [0.5, 0.6) is 0 Å². The lowest BCUT2D eigenvalue weighted by atomic mass is 10.2. The first-order valence-electron chi connectivity index (χ1n) is 7.14. The van der Waals surface area contributed by atoms with E-state index in [4.69, 9.17) is 5.73 Å². The van der Waals surface area contributed by atoms with Gasteiger partial charge in [0.25, 0.3) is 0 Å². The standard InChI is InChI=1S/C16H19BrN4/c17-14-8-19-9-15(18)16(14)20-13-6-7-21(11-13)10-12-4-2-1-3-5-12/h1-5,8-9,13H,6-7,10-11,18H2,(H,19,20). The van der Waals surface area contributed by atoms with Gasteiger partial charge in [-0.3, -0.25) is 9.88 Å². The van der Waals surface area contributed by atoms with Gasteiger partial charge < -0.3 is 11.1 Å². The molecule has 0 saturated carbocycles. The second-order valence-electron chi connectivity index (χ2n) is 5.44. The molecule has 1 aliphatic rings. The molecule has 1 aliphatic heterocycles. The van der Waals surface area contributed by atoms with Crippen molar-refractivity contribution in [3.05, 3.63) is 52.8 Å². The van der Waals surface area contributed by atoms with Gasteiger partial charge in [0.2, 0.25) is 0 Å². The minimum Gasteiger partial charge on any atom is -0.396 e. The largest absolute Gasteiger partial charge is 0.396 e. The van der Waals surface area contributed by atoms with Crippen LogP contribution in [0.1, 0.15) is 12.0 Å². The molecule has 5 heteroatoms. The van der Waals surface area contributed by atoms with E-state index in [1.54, 1.807) is 12.4 Å². The molecule has 4 nitrogen and oxygen atoms in total. The summed E-state index contributed by atoms with van der Waals surface area (Å²) in [6.45, 7) is 3.14. The first-order chi connectivity index (χ1) is 10.2. The number of pyridine rings is 1. The maximum Gasteiger partial charge on any atom is 0.0752 e. The highest BCUT2D eigenvalue weighted by atomic mass is 79.9. The Morgan fingerprint density at radius 2 is 2.10 bits per heavy atom. The van der Waals surface area contributed by atoms with Crippen LogP contribution in [0.15, 0.2) is 47.2 Å². The number of aromatic nitrogens is 1. The highest BCUT2D eigenvalue weighted by molar-refractivity contribution is 9.10. The Hall–Kier alpha value is -1.59. The van der Waals surface area contributed by atoms with Gasteiger partial charge in [-0.25, -0.2) is 0 Å². The highest BCUT2D eigenvalue weighted by Gasteiger charge is 2.23. The zero-order valence-electron chi connectivity index (χ0n) is 11.8. The maximum absolute atomic E-state index is 5.99. The zero-order chi connectivity index (χ0) is 14.7. The van der Waals surface area contributed by atoms with Gasteiger partial charge in [0.05, 0.1) is 22.0 Å². The summed E-state index contributed by atoms with van der Waals surface area (Å²) in [5.41, 5.74) is 8.99. The van der Waals surface area contributed by atoms with Crippen LogP contribution in [-0.2, 0) is 6.54 Å². The molecule has 1 fully saturated rings. The van der Waals surface area contributed by atoms with Crippen molar-refractivity contribution in [2.24, 2.45) is 0 Å². The van der Waals surface area contributed by atoms with Crippen LogP contribution in [0.4, 0.5) is 11.4 Å². The molecule has 1 aromatic carbocycles. The van der Waals surface area contributed by atoms with E-state index in [1.807, 2.05) is 0 Å². The van der Waals surface area contributed by atoms with Crippen LogP contribution < -0.4 is 11.1 Å². The molecule has 1 saturated heterocycles. The fourth-order valence-electron chi connectivity index (χ4n) is 2.74. The van der Waals surface area contributed by atoms with Crippen molar-refractivity contribution in [1.82, 2.24) is 9.88 Å². The predicted molar refractivity (Wildman–Crippen MR) is 90.1 cm³/mol. The smallest absolute Gasteiger partial charge is 0.0752 e. The number of hydrogen-bond acceptors (Lipinski definition) is 4. The van der Waals surface area contributed by atoms with E-state index in [-0.39, 0.29) is 0 Å². The van der Waals surface area contributed by atoms with Crippen LogP contribution >= 0.6 is 15.9 Å². The van der Waals surface area contributed by atoms with Crippen molar-refractivity contribution in [3.63, 3.8) is 0 Å². The minimum atomic E-state index is 0.426. The molecule has 2 aromatic rings. The summed E-state index contributed by atoms with van der Waals surface area (Å²) in [6, 6.07) is 11.0. The molecular formula is C16H19BrN4. The van der Waals surface area contributed by atoms with E-state index in [9.17, 15) is 0 Å². The summed E-state index contributed by atoms with van der Waals surface area (Å²) in [6.07, 6.45) is 4.58. The fourth-order valence-corrected chi connectivity index (χ4v) is 3.20. The van der Waals surface area contributed by atoms with E-state index in [0.29, 0.717) is 11.7 Å². The van der Waals surface area contributed by atoms with Crippen molar-refractivity contribution < 1.29 is 0 Å². The molecule has 0 radical (unpaired) electrons. The average molecular weight is 347 g/mol. The Bertz CT molecular complexity index is 582. The summed E-state index contributed by atoms with van der Waals surface area (Å²) in [5.74, 6) is 0. The third-order valence-corrected chi connectivity index (χ3v) is 4.40. The summed E-state index contributed by atoms with van der Waals surface area (Å²) in [4.78, 5) is 6.54. The van der Waals surface area contributed by atoms with Gasteiger partial charge in [0.15, 0.2) is 0 Å². The van der Waals surface area contributed by atoms with Crippen molar-refractivity contribution in [2.45, 2.75) is 19.0 Å². The zero-order valence-corrected chi connectivity index (χ0v) is 13.4. The molecule has 21 heavy (non-hydrogen) atoms. The first-order valence-corrected chi connectivity index (χ1v) is 7.93. The summed E-state index contributed by atoms with van der Waals surface area (Å²) >= 11 is 3.50. The number of anilines is 2. The lowest BCUT2D eigenvalue weighted by molar-refractivity contribution is 0.328. The van der Waals surface area contributed by atoms with Gasteiger partial charge in [-0.05, 0) is 27.9 Å². The first kappa shape index (κ1) is 14.4. The van der Waals surface area contributed by atoms with Crippen molar-refractivity contribution >= 4 is 27.3 Å². The normalized spacial score (nSPS) is 18.8. The molecule has 0 amide bonds. The second-order valence-corrected chi connectivity index (χ2v) is 6.29. The van der Waals surface area contributed by atoms with Gasteiger partial charge in [-0.2, -0.15) is 0 Å². The van der Waals surface area contributed by atoms with Gasteiger partial charge in [0, 0.05) is 31.9 Å². The van der Waals surface area contributed by atoms with E-state index < -0.39 is 0 Å². The minimum absolute atomic E-state index is 0.426. The van der Waals surface area contributed by atoms with Crippen LogP contribution in [0, 0.1) is 0 Å². The number of nitrogens with two attached hydrogens (primary N) is 1. The topological polar surface area (TPSA) is 54.2 Å². The van der Waals surface area contributed by atoms with Crippen LogP contribution in [0.2, 0.25) is 0 Å². The van der Waals surface area contributed by atoms with Crippen LogP contribution in [0.25, 0.3) is 0 Å². The Morgan fingerprint density at radius 3 is 2.86 bits per heavy atom. The van der Waals surface area contributed by atoms with Gasteiger partial charge in [0.1, 0.15) is 0 Å². The molecule has 3 rings (SSSR count). The number of halogens is 1. The molecule has 2 heterocycles. The van der Waals surface area contributed by atoms with Gasteiger partial charge in [-0.15, -0.1) is 0 Å². The van der Waals surface area contributed by atoms with E-state index in [1.165, 1.54) is 5.56 Å². The molecule has 3 N–H and O–H groups in total. The predicted octanol–water partition coefficient (Wildman–Crippen LogP) is 3.11. The van der Waals surface area contributed by atoms with E-state index in [2.05, 4.69) is 61.5 Å². The molecule has 0 aliphatic carbocycles. The van der Waals surface area contributed by atoms with Crippen molar-refractivity contribution in [2.75, 3.05) is 24.1 Å². The molecular weight excluding hydrogens is 328 g/mol. The summed E-state index contributed by atoms with van der Waals surface area (Å²) < 4.78 is 0.920. The van der Waals surface area contributed by atoms with Crippen LogP contribution in [0.3, 0.4) is 0 Å². The SMILES string of the molecule is Nc1cncc(Br)c1NC1CCN(Cc2ccccc2)C1. The maximum atomic E-state index is 5.99. The Balaban J connectivity index is 1.60. The second kappa shape index (κ2) is 6.45. The Labute approximate surface area is 133 Å². The van der Waals surface area contributed by atoms with E-state index in [0.717, 1.165) is 36.2 Å². The summed E-state index contributed by atoms with van der Waals surface area (Å²) in [7, 11) is 0. The van der Waals surface area contributed by atoms with Crippen molar-refractivity contribution in [1.29, 1.82) is 0 Å². The molecule has 0 bridgehead atoms. The number of nitrogens with one attached hydrogen (secondary N) is 1. The quantitative estimate of drug-likeness (QED) is 0.892. The number of likely N-dealkylation sites (tertiary alicyclic amines) is 1. The monoisotopic (exact) mass is 346 g/mol. The Kier molecular flexibility index (Phi) is 4.41. The molecule has 110 valence electrons.